The lowest BCUT2D eigenvalue weighted by atomic mass is 9.90. The van der Waals surface area contributed by atoms with Crippen LogP contribution < -0.4 is 4.90 Å². The minimum atomic E-state index is -1.34. The van der Waals surface area contributed by atoms with Crippen LogP contribution in [0.25, 0.3) is 11.1 Å². The number of nitrogens with one attached hydrogen (secondary N) is 2. The van der Waals surface area contributed by atoms with E-state index in [9.17, 15) is 9.50 Å². The number of aliphatic imine (C=N–C) groups is 1. The molecule has 0 bridgehead atoms. The predicted molar refractivity (Wildman–Crippen MR) is 147 cm³/mol. The summed E-state index contributed by atoms with van der Waals surface area (Å²) in [5.74, 6) is 0.951. The highest BCUT2D eigenvalue weighted by Crippen LogP contribution is 2.29. The minimum absolute atomic E-state index is 0.355. The van der Waals surface area contributed by atoms with Gasteiger partial charge < -0.3 is 19.9 Å². The van der Waals surface area contributed by atoms with E-state index in [-0.39, 0.29) is 5.82 Å². The summed E-state index contributed by atoms with van der Waals surface area (Å²) in [6, 6.07) is 16.2. The third-order valence-electron chi connectivity index (χ3n) is 6.96. The van der Waals surface area contributed by atoms with Gasteiger partial charge in [-0.2, -0.15) is 0 Å². The maximum Gasteiger partial charge on any atom is 0.225 e. The van der Waals surface area contributed by atoms with Gasteiger partial charge in [-0.05, 0) is 48.7 Å². The van der Waals surface area contributed by atoms with E-state index in [1.54, 1.807) is 31.5 Å². The van der Waals surface area contributed by atoms with Crippen LogP contribution in [0.3, 0.4) is 0 Å². The van der Waals surface area contributed by atoms with E-state index in [4.69, 9.17) is 5.41 Å². The van der Waals surface area contributed by atoms with Crippen molar-refractivity contribution in [1.29, 1.82) is 5.41 Å². The van der Waals surface area contributed by atoms with Gasteiger partial charge in [0.2, 0.25) is 5.95 Å². The number of benzene rings is 2. The molecule has 1 fully saturated rings. The topological polar surface area (TPSA) is 104 Å². The normalized spacial score (nSPS) is 15.8. The third kappa shape index (κ3) is 5.19. The van der Waals surface area contributed by atoms with Gasteiger partial charge in [-0.25, -0.2) is 19.4 Å². The predicted octanol–water partition coefficient (Wildman–Crippen LogP) is 4.35. The zero-order valence-electron chi connectivity index (χ0n) is 21.4. The molecule has 0 unspecified atom stereocenters. The summed E-state index contributed by atoms with van der Waals surface area (Å²) in [6.07, 6.45) is 6.27. The number of aromatic nitrogens is 3. The quantitative estimate of drug-likeness (QED) is 0.264. The third-order valence-corrected chi connectivity index (χ3v) is 6.96. The minimum Gasteiger partial charge on any atom is -0.381 e. The molecule has 3 N–H and O–H groups in total. The van der Waals surface area contributed by atoms with Crippen LogP contribution in [0.5, 0.6) is 0 Å². The zero-order chi connectivity index (χ0) is 26.7. The summed E-state index contributed by atoms with van der Waals surface area (Å²) in [7, 11) is 0. The number of hydrogen-bond donors (Lipinski definition) is 3. The Kier molecular flexibility index (Phi) is 7.02. The molecule has 1 aliphatic rings. The molecule has 2 aromatic carbocycles. The summed E-state index contributed by atoms with van der Waals surface area (Å²) in [5, 5.41) is 18.6. The Morgan fingerprint density at radius 1 is 1.00 bits per heavy atom. The number of aromatic amines is 1. The summed E-state index contributed by atoms with van der Waals surface area (Å²) < 4.78 is 13.3. The summed E-state index contributed by atoms with van der Waals surface area (Å²) in [5.41, 5.74) is 4.03. The fourth-order valence-electron chi connectivity index (χ4n) is 4.61. The monoisotopic (exact) mass is 511 g/mol. The second-order valence-corrected chi connectivity index (χ2v) is 9.57. The summed E-state index contributed by atoms with van der Waals surface area (Å²) in [6.45, 7) is 6.44. The molecule has 3 heterocycles. The maximum atomic E-state index is 13.3. The lowest BCUT2D eigenvalue weighted by Gasteiger charge is -2.36. The summed E-state index contributed by atoms with van der Waals surface area (Å²) in [4.78, 5) is 20.9. The molecule has 9 heteroatoms. The van der Waals surface area contributed by atoms with Crippen molar-refractivity contribution in [3.05, 3.63) is 101 Å². The SMILES string of the molecule is Cc1ccc(-c2c[nH]c(C(=NC=N)N3CCN(c4ncc([C@@](C)(O)c5ccc(F)cc5)cn4)CC3)c2)cc1. The molecule has 4 aromatic rings. The van der Waals surface area contributed by atoms with Crippen LogP contribution in [0.2, 0.25) is 0 Å². The number of piperazine rings is 1. The first-order valence-corrected chi connectivity index (χ1v) is 12.5. The largest absolute Gasteiger partial charge is 0.381 e. The zero-order valence-corrected chi connectivity index (χ0v) is 21.4. The highest BCUT2D eigenvalue weighted by atomic mass is 19.1. The molecule has 1 atom stereocenters. The number of nitrogens with zero attached hydrogens (tertiary/aromatic N) is 5. The molecule has 2 aromatic heterocycles. The average molecular weight is 512 g/mol. The fourth-order valence-corrected chi connectivity index (χ4v) is 4.61. The van der Waals surface area contributed by atoms with Crippen molar-refractivity contribution in [3.8, 4) is 11.1 Å². The van der Waals surface area contributed by atoms with Crippen LogP contribution in [-0.4, -0.2) is 63.3 Å². The molecule has 8 nitrogen and oxygen atoms in total. The molecule has 5 rings (SSSR count). The maximum absolute atomic E-state index is 13.3. The Morgan fingerprint density at radius 2 is 1.66 bits per heavy atom. The van der Waals surface area contributed by atoms with E-state index in [1.165, 1.54) is 17.7 Å². The number of anilines is 1. The molecule has 38 heavy (non-hydrogen) atoms. The highest BCUT2D eigenvalue weighted by Gasteiger charge is 2.28. The van der Waals surface area contributed by atoms with Gasteiger partial charge in [-0.15, -0.1) is 0 Å². The Hall–Kier alpha value is -4.37. The Labute approximate surface area is 221 Å². The van der Waals surface area contributed by atoms with Crippen LogP contribution in [0.15, 0.2) is 78.2 Å². The number of rotatable bonds is 6. The van der Waals surface area contributed by atoms with E-state index in [1.807, 2.05) is 6.20 Å². The van der Waals surface area contributed by atoms with E-state index in [0.717, 1.165) is 29.0 Å². The number of aliphatic hydroxyl groups is 1. The molecule has 1 saturated heterocycles. The fraction of sp³-hybridized carbons (Fsp3) is 0.241. The van der Waals surface area contributed by atoms with Gasteiger partial charge in [0, 0.05) is 50.3 Å². The van der Waals surface area contributed by atoms with Gasteiger partial charge in [0.1, 0.15) is 17.8 Å². The second-order valence-electron chi connectivity index (χ2n) is 9.57. The van der Waals surface area contributed by atoms with Crippen molar-refractivity contribution in [2.24, 2.45) is 4.99 Å². The number of amidine groups is 1. The molecule has 194 valence electrons. The first-order chi connectivity index (χ1) is 18.3. The van der Waals surface area contributed by atoms with Gasteiger partial charge in [0.25, 0.3) is 0 Å². The van der Waals surface area contributed by atoms with Gasteiger partial charge in [-0.1, -0.05) is 42.0 Å². The van der Waals surface area contributed by atoms with E-state index in [0.29, 0.717) is 43.3 Å². The van der Waals surface area contributed by atoms with Gasteiger partial charge in [0.05, 0.1) is 5.69 Å². The van der Waals surface area contributed by atoms with Crippen molar-refractivity contribution >= 4 is 18.1 Å². The second kappa shape index (κ2) is 10.5. The van der Waals surface area contributed by atoms with Crippen molar-refractivity contribution in [3.63, 3.8) is 0 Å². The molecule has 0 amide bonds. The Morgan fingerprint density at radius 3 is 2.29 bits per heavy atom. The number of H-pyrrole nitrogens is 1. The van der Waals surface area contributed by atoms with Crippen LogP contribution in [-0.2, 0) is 5.60 Å². The highest BCUT2D eigenvalue weighted by molar-refractivity contribution is 6.01. The molecule has 1 aliphatic heterocycles. The van der Waals surface area contributed by atoms with E-state index >= 15 is 0 Å². The van der Waals surface area contributed by atoms with Gasteiger partial charge in [0.15, 0.2) is 5.84 Å². The first kappa shape index (κ1) is 25.3. The standard InChI is InChI=1S/C29H30FN7O/c1-20-3-5-21(6-4-20)22-15-26(32-16-22)27(35-19-31)36-11-13-37(14-12-36)28-33-17-24(18-34-28)29(2,38)23-7-9-25(30)10-8-23/h3-10,15-19,31-32,38H,11-14H2,1-2H3/t29-/m0/s1. The van der Waals surface area contributed by atoms with Crippen molar-refractivity contribution in [2.75, 3.05) is 31.1 Å². The molecule has 0 radical (unpaired) electrons. The lowest BCUT2D eigenvalue weighted by Crippen LogP contribution is -2.49. The Balaban J connectivity index is 1.26. The van der Waals surface area contributed by atoms with Crippen molar-refractivity contribution in [2.45, 2.75) is 19.4 Å². The van der Waals surface area contributed by atoms with Crippen LogP contribution in [0.4, 0.5) is 10.3 Å². The smallest absolute Gasteiger partial charge is 0.225 e. The summed E-state index contributed by atoms with van der Waals surface area (Å²) >= 11 is 0. The Bertz CT molecular complexity index is 1420. The molecule has 0 spiro atoms. The molecular formula is C29H30FN7O. The van der Waals surface area contributed by atoms with Crippen LogP contribution in [0.1, 0.15) is 29.3 Å². The number of halogens is 1. The number of hydrogen-bond acceptors (Lipinski definition) is 5. The van der Waals surface area contributed by atoms with Gasteiger partial charge in [-0.3, -0.25) is 5.41 Å². The van der Waals surface area contributed by atoms with Crippen LogP contribution >= 0.6 is 0 Å². The first-order valence-electron chi connectivity index (χ1n) is 12.5. The molecule has 0 aliphatic carbocycles. The lowest BCUT2D eigenvalue weighted by molar-refractivity contribution is 0.101. The average Bonchev–Trinajstić information content (AvgIpc) is 3.42. The van der Waals surface area contributed by atoms with Crippen molar-refractivity contribution < 1.29 is 9.50 Å². The van der Waals surface area contributed by atoms with Crippen molar-refractivity contribution in [1.82, 2.24) is 19.9 Å². The van der Waals surface area contributed by atoms with Crippen LogP contribution in [0, 0.1) is 18.2 Å². The molecular weight excluding hydrogens is 481 g/mol. The molecule has 0 saturated carbocycles. The van der Waals surface area contributed by atoms with Gasteiger partial charge >= 0.3 is 0 Å². The van der Waals surface area contributed by atoms with E-state index in [2.05, 4.69) is 67.0 Å². The number of aryl methyl sites for hydroxylation is 1. The van der Waals surface area contributed by atoms with E-state index < -0.39 is 5.60 Å².